The maximum atomic E-state index is 13.4. The van der Waals surface area contributed by atoms with Gasteiger partial charge in [0, 0.05) is 30.5 Å². The fourth-order valence-electron chi connectivity index (χ4n) is 4.24. The number of aliphatic imine (C=N–C) groups is 1. The lowest BCUT2D eigenvalue weighted by Crippen LogP contribution is -2.39. The fourth-order valence-corrected chi connectivity index (χ4v) is 5.78. The van der Waals surface area contributed by atoms with E-state index < -0.39 is 10.0 Å². The Bertz CT molecular complexity index is 1280. The Kier molecular flexibility index (Phi) is 4.71. The van der Waals surface area contributed by atoms with E-state index in [9.17, 15) is 8.42 Å². The molecule has 2 N–H and O–H groups in total. The van der Waals surface area contributed by atoms with Crippen LogP contribution in [0.4, 0.5) is 11.5 Å². The van der Waals surface area contributed by atoms with E-state index in [4.69, 9.17) is 17.3 Å². The van der Waals surface area contributed by atoms with E-state index in [1.165, 1.54) is 4.31 Å². The molecule has 0 spiro atoms. The molecule has 9 heteroatoms. The molecule has 3 aromatic rings. The third-order valence-corrected chi connectivity index (χ3v) is 7.88. The van der Waals surface area contributed by atoms with Gasteiger partial charge in [-0.3, -0.25) is 0 Å². The summed E-state index contributed by atoms with van der Waals surface area (Å²) in [7, 11) is -1.81. The summed E-state index contributed by atoms with van der Waals surface area (Å²) in [6.07, 6.45) is 2.78. The van der Waals surface area contributed by atoms with Crippen LogP contribution in [0.1, 0.15) is 17.2 Å². The molecule has 2 aliphatic rings. The van der Waals surface area contributed by atoms with E-state index in [2.05, 4.69) is 20.5 Å². The lowest BCUT2D eigenvalue weighted by atomic mass is 10.1. The number of halogens is 1. The molecule has 0 amide bonds. The first-order valence-electron chi connectivity index (χ1n) is 9.98. The van der Waals surface area contributed by atoms with Gasteiger partial charge in [0.1, 0.15) is 5.82 Å². The molecule has 0 unspecified atom stereocenters. The van der Waals surface area contributed by atoms with E-state index in [1.807, 2.05) is 37.5 Å². The van der Waals surface area contributed by atoms with Gasteiger partial charge in [0.05, 0.1) is 17.5 Å². The van der Waals surface area contributed by atoms with Crippen LogP contribution >= 0.6 is 11.6 Å². The van der Waals surface area contributed by atoms with Crippen molar-refractivity contribution in [3.63, 3.8) is 0 Å². The molecule has 7 nitrogen and oxygen atoms in total. The van der Waals surface area contributed by atoms with E-state index in [0.29, 0.717) is 5.02 Å². The molecule has 2 aliphatic heterocycles. The van der Waals surface area contributed by atoms with E-state index in [0.717, 1.165) is 35.6 Å². The van der Waals surface area contributed by atoms with Crippen molar-refractivity contribution in [2.75, 3.05) is 18.0 Å². The number of hydrogen-bond donors (Lipinski definition) is 1. The van der Waals surface area contributed by atoms with Crippen molar-refractivity contribution in [1.29, 1.82) is 0 Å². The number of aromatic nitrogens is 1. The minimum atomic E-state index is -3.81. The van der Waals surface area contributed by atoms with Crippen LogP contribution in [0.5, 0.6) is 0 Å². The summed E-state index contributed by atoms with van der Waals surface area (Å²) in [5, 5.41) is 0.616. The second-order valence-corrected chi connectivity index (χ2v) is 10.1. The van der Waals surface area contributed by atoms with E-state index in [-0.39, 0.29) is 23.4 Å². The largest absolute Gasteiger partial charge is 0.369 e. The highest BCUT2D eigenvalue weighted by atomic mass is 35.5. The second-order valence-electron chi connectivity index (χ2n) is 7.76. The monoisotopic (exact) mass is 455 g/mol. The maximum absolute atomic E-state index is 13.4. The predicted octanol–water partition coefficient (Wildman–Crippen LogP) is 3.43. The van der Waals surface area contributed by atoms with Crippen molar-refractivity contribution in [3.8, 4) is 0 Å². The van der Waals surface area contributed by atoms with Crippen molar-refractivity contribution in [1.82, 2.24) is 8.87 Å². The summed E-state index contributed by atoms with van der Waals surface area (Å²) in [6, 6.07) is 16.2. The van der Waals surface area contributed by atoms with Crippen LogP contribution in [0.25, 0.3) is 0 Å². The molecule has 2 aromatic carbocycles. The van der Waals surface area contributed by atoms with Gasteiger partial charge >= 0.3 is 0 Å². The van der Waals surface area contributed by atoms with Gasteiger partial charge in [-0.25, -0.2) is 17.7 Å². The SMILES string of the molecule is Cn1cccc1N1CCc2cc(S(=O)(=O)N3C[C@H](c4ccc(Cl)cc4)N=C3N)ccc21. The summed E-state index contributed by atoms with van der Waals surface area (Å²) in [5.41, 5.74) is 8.94. The zero-order valence-electron chi connectivity index (χ0n) is 16.9. The maximum Gasteiger partial charge on any atom is 0.266 e. The van der Waals surface area contributed by atoms with Crippen LogP contribution in [0.2, 0.25) is 5.02 Å². The fraction of sp³-hybridized carbons (Fsp3) is 0.227. The Morgan fingerprint density at radius 3 is 2.61 bits per heavy atom. The third-order valence-electron chi connectivity index (χ3n) is 5.86. The van der Waals surface area contributed by atoms with Gasteiger partial charge in [0.25, 0.3) is 10.0 Å². The Labute approximate surface area is 186 Å². The van der Waals surface area contributed by atoms with Gasteiger partial charge < -0.3 is 15.2 Å². The van der Waals surface area contributed by atoms with Crippen LogP contribution in [0.3, 0.4) is 0 Å². The lowest BCUT2D eigenvalue weighted by Gasteiger charge is -2.21. The summed E-state index contributed by atoms with van der Waals surface area (Å²) in [5.74, 6) is 1.09. The molecule has 1 atom stereocenters. The second kappa shape index (κ2) is 7.32. The smallest absolute Gasteiger partial charge is 0.266 e. The highest BCUT2D eigenvalue weighted by Crippen LogP contribution is 2.37. The number of benzene rings is 2. The zero-order valence-corrected chi connectivity index (χ0v) is 18.5. The quantitative estimate of drug-likeness (QED) is 0.653. The number of fused-ring (bicyclic) bond motifs is 1. The number of nitrogens with two attached hydrogens (primary N) is 1. The Morgan fingerprint density at radius 2 is 1.90 bits per heavy atom. The zero-order chi connectivity index (χ0) is 21.8. The lowest BCUT2D eigenvalue weighted by molar-refractivity contribution is 0.518. The van der Waals surface area contributed by atoms with E-state index in [1.54, 1.807) is 24.3 Å². The van der Waals surface area contributed by atoms with Crippen LogP contribution in [-0.4, -0.2) is 36.3 Å². The number of hydrogen-bond acceptors (Lipinski definition) is 5. The Balaban J connectivity index is 1.42. The van der Waals surface area contributed by atoms with Gasteiger partial charge in [0.2, 0.25) is 5.96 Å². The third kappa shape index (κ3) is 3.36. The number of sulfonamides is 1. The van der Waals surface area contributed by atoms with Crippen molar-refractivity contribution in [2.45, 2.75) is 17.4 Å². The molecule has 31 heavy (non-hydrogen) atoms. The topological polar surface area (TPSA) is 83.9 Å². The molecule has 0 fully saturated rings. The number of nitrogens with zero attached hydrogens (tertiary/aromatic N) is 4. The van der Waals surface area contributed by atoms with Crippen LogP contribution in [-0.2, 0) is 23.5 Å². The number of anilines is 2. The van der Waals surface area contributed by atoms with Crippen molar-refractivity contribution in [2.24, 2.45) is 17.8 Å². The van der Waals surface area contributed by atoms with Gasteiger partial charge in [-0.15, -0.1) is 0 Å². The number of aryl methyl sites for hydroxylation is 1. The summed E-state index contributed by atoms with van der Waals surface area (Å²) in [4.78, 5) is 6.81. The Hall–Kier alpha value is -2.97. The summed E-state index contributed by atoms with van der Waals surface area (Å²) in [6.45, 7) is 0.977. The molecule has 160 valence electrons. The molecular formula is C22H22ClN5O2S. The molecule has 0 bridgehead atoms. The van der Waals surface area contributed by atoms with Gasteiger partial charge in [-0.2, -0.15) is 0 Å². The molecule has 0 radical (unpaired) electrons. The number of guanidine groups is 1. The minimum absolute atomic E-state index is 0.00545. The van der Waals surface area contributed by atoms with Crippen molar-refractivity contribution >= 4 is 39.1 Å². The average molecular weight is 456 g/mol. The first kappa shape index (κ1) is 20.0. The highest BCUT2D eigenvalue weighted by Gasteiger charge is 2.35. The molecular weight excluding hydrogens is 434 g/mol. The normalized spacial score (nSPS) is 18.4. The predicted molar refractivity (Wildman–Crippen MR) is 122 cm³/mol. The van der Waals surface area contributed by atoms with Crippen LogP contribution in [0.15, 0.2) is 70.7 Å². The minimum Gasteiger partial charge on any atom is -0.369 e. The molecule has 3 heterocycles. The van der Waals surface area contributed by atoms with Gasteiger partial charge in [-0.1, -0.05) is 23.7 Å². The standard InChI is InChI=1S/C22H22ClN5O2S/c1-26-11-2-3-21(26)27-12-10-16-13-18(8-9-20(16)27)31(29,30)28-14-19(25-22(28)24)15-4-6-17(23)7-5-15/h2-9,11,13,19H,10,12,14H2,1H3,(H2,24,25)/t19-/m1/s1. The van der Waals surface area contributed by atoms with Crippen LogP contribution < -0.4 is 10.6 Å². The van der Waals surface area contributed by atoms with E-state index >= 15 is 0 Å². The van der Waals surface area contributed by atoms with Crippen LogP contribution in [0, 0.1) is 0 Å². The molecule has 0 aliphatic carbocycles. The molecule has 0 saturated carbocycles. The van der Waals surface area contributed by atoms with Gasteiger partial charge in [0.15, 0.2) is 0 Å². The molecule has 1 aromatic heterocycles. The van der Waals surface area contributed by atoms with Gasteiger partial charge in [-0.05, 0) is 60.0 Å². The number of rotatable bonds is 4. The summed E-state index contributed by atoms with van der Waals surface area (Å²) >= 11 is 5.95. The Morgan fingerprint density at radius 1 is 1.13 bits per heavy atom. The average Bonchev–Trinajstić information content (AvgIpc) is 3.46. The summed E-state index contributed by atoms with van der Waals surface area (Å²) < 4.78 is 30.0. The molecule has 5 rings (SSSR count). The first-order valence-corrected chi connectivity index (χ1v) is 11.8. The highest BCUT2D eigenvalue weighted by molar-refractivity contribution is 7.89. The first-order chi connectivity index (χ1) is 14.8. The molecule has 0 saturated heterocycles. The van der Waals surface area contributed by atoms with Crippen molar-refractivity contribution < 1.29 is 8.42 Å². The van der Waals surface area contributed by atoms with Crippen molar-refractivity contribution in [3.05, 3.63) is 76.9 Å².